The molecule has 0 aliphatic heterocycles. The second-order valence-electron chi connectivity index (χ2n) is 5.90. The third-order valence-corrected chi connectivity index (χ3v) is 5.32. The summed E-state index contributed by atoms with van der Waals surface area (Å²) in [6, 6.07) is 12.5. The number of rotatable bonds is 4. The molecule has 20 heavy (non-hydrogen) atoms. The highest BCUT2D eigenvalue weighted by atomic mass is 28.3. The van der Waals surface area contributed by atoms with Gasteiger partial charge in [0.1, 0.15) is 0 Å². The van der Waals surface area contributed by atoms with Crippen molar-refractivity contribution in [2.45, 2.75) is 26.2 Å². The zero-order valence-electron chi connectivity index (χ0n) is 12.0. The van der Waals surface area contributed by atoms with Gasteiger partial charge >= 0.3 is 0 Å². The summed E-state index contributed by atoms with van der Waals surface area (Å²) < 4.78 is 26.6. The summed E-state index contributed by atoms with van der Waals surface area (Å²) in [5.41, 5.74) is 1.25. The number of benzene rings is 2. The molecule has 0 saturated carbocycles. The highest BCUT2D eigenvalue weighted by Crippen LogP contribution is 2.17. The maximum absolute atomic E-state index is 13.5. The van der Waals surface area contributed by atoms with Crippen LogP contribution < -0.4 is 10.5 Å². The van der Waals surface area contributed by atoms with E-state index in [4.69, 9.17) is 0 Å². The molecule has 0 spiro atoms. The van der Waals surface area contributed by atoms with E-state index in [0.717, 1.165) is 11.6 Å². The van der Waals surface area contributed by atoms with E-state index >= 15 is 0 Å². The van der Waals surface area contributed by atoms with Crippen LogP contribution in [0.1, 0.15) is 5.56 Å². The third-order valence-electron chi connectivity index (χ3n) is 3.25. The summed E-state index contributed by atoms with van der Waals surface area (Å²) in [6.45, 7) is 7.36. The van der Waals surface area contributed by atoms with E-state index in [2.05, 4.69) is 37.1 Å². The minimum absolute atomic E-state index is 0.194. The number of nitrogens with one attached hydrogen (secondary N) is 1. The molecular weight excluding hydrogens is 272 g/mol. The van der Waals surface area contributed by atoms with E-state index in [1.165, 1.54) is 17.3 Å². The lowest BCUT2D eigenvalue weighted by Gasteiger charge is -2.17. The molecule has 0 aromatic heterocycles. The zero-order chi connectivity index (χ0) is 14.8. The van der Waals surface area contributed by atoms with Gasteiger partial charge in [-0.2, -0.15) is 0 Å². The lowest BCUT2D eigenvalue weighted by Crippen LogP contribution is -2.37. The molecule has 0 unspecified atom stereocenters. The van der Waals surface area contributed by atoms with Gasteiger partial charge in [0.2, 0.25) is 0 Å². The second kappa shape index (κ2) is 5.75. The van der Waals surface area contributed by atoms with Crippen molar-refractivity contribution in [2.75, 3.05) is 5.32 Å². The first-order chi connectivity index (χ1) is 9.38. The molecule has 2 aromatic rings. The van der Waals surface area contributed by atoms with Crippen LogP contribution in [-0.2, 0) is 6.54 Å². The van der Waals surface area contributed by atoms with Crippen molar-refractivity contribution < 1.29 is 8.78 Å². The van der Waals surface area contributed by atoms with Gasteiger partial charge in [0.25, 0.3) is 0 Å². The van der Waals surface area contributed by atoms with Crippen LogP contribution >= 0.6 is 0 Å². The van der Waals surface area contributed by atoms with Crippen LogP contribution in [0.2, 0.25) is 19.6 Å². The van der Waals surface area contributed by atoms with E-state index in [0.29, 0.717) is 6.54 Å². The molecule has 0 atom stereocenters. The summed E-state index contributed by atoms with van der Waals surface area (Å²) in [5, 5.41) is 4.31. The molecule has 1 nitrogen and oxygen atoms in total. The molecule has 0 aliphatic carbocycles. The smallest absolute Gasteiger partial charge is 0.181 e. The molecule has 0 bridgehead atoms. The van der Waals surface area contributed by atoms with Gasteiger partial charge < -0.3 is 5.32 Å². The minimum atomic E-state index is -1.29. The van der Waals surface area contributed by atoms with Gasteiger partial charge in [0.15, 0.2) is 11.6 Å². The maximum atomic E-state index is 13.5. The van der Waals surface area contributed by atoms with Gasteiger partial charge in [-0.25, -0.2) is 8.78 Å². The second-order valence-corrected chi connectivity index (χ2v) is 11.0. The van der Waals surface area contributed by atoms with Crippen LogP contribution in [0.25, 0.3) is 0 Å². The predicted molar refractivity (Wildman–Crippen MR) is 83.1 cm³/mol. The Hall–Kier alpha value is -1.68. The minimum Gasteiger partial charge on any atom is -0.379 e. The largest absolute Gasteiger partial charge is 0.379 e. The normalized spacial score (nSPS) is 11.4. The fraction of sp³-hybridized carbons (Fsp3) is 0.250. The third kappa shape index (κ3) is 3.45. The molecule has 0 fully saturated rings. The molecule has 106 valence electrons. The van der Waals surface area contributed by atoms with Crippen LogP contribution in [0, 0.1) is 11.6 Å². The highest BCUT2D eigenvalue weighted by Gasteiger charge is 2.15. The summed E-state index contributed by atoms with van der Waals surface area (Å²) in [5.74, 6) is -1.66. The van der Waals surface area contributed by atoms with E-state index in [-0.39, 0.29) is 5.69 Å². The van der Waals surface area contributed by atoms with Gasteiger partial charge in [0.05, 0.1) is 13.8 Å². The lowest BCUT2D eigenvalue weighted by atomic mass is 10.2. The fourth-order valence-corrected chi connectivity index (χ4v) is 3.13. The lowest BCUT2D eigenvalue weighted by molar-refractivity contribution is 0.511. The molecule has 0 aliphatic rings. The number of hydrogen-bond acceptors (Lipinski definition) is 1. The summed E-state index contributed by atoms with van der Waals surface area (Å²) in [7, 11) is -1.29. The van der Waals surface area contributed by atoms with E-state index in [1.807, 2.05) is 12.1 Å². The zero-order valence-corrected chi connectivity index (χ0v) is 13.0. The van der Waals surface area contributed by atoms with Crippen molar-refractivity contribution in [3.63, 3.8) is 0 Å². The SMILES string of the molecule is C[Si](C)(C)c1ccc(CNc2cccc(F)c2F)cc1. The van der Waals surface area contributed by atoms with Crippen LogP contribution in [0.5, 0.6) is 0 Å². The Balaban J connectivity index is 2.06. The molecule has 0 radical (unpaired) electrons. The molecule has 0 heterocycles. The van der Waals surface area contributed by atoms with Crippen molar-refractivity contribution in [2.24, 2.45) is 0 Å². The Labute approximate surface area is 119 Å². The average molecular weight is 291 g/mol. The first-order valence-corrected chi connectivity index (χ1v) is 10.2. The maximum Gasteiger partial charge on any atom is 0.181 e. The summed E-state index contributed by atoms with van der Waals surface area (Å²) >= 11 is 0. The Bertz CT molecular complexity index is 588. The quantitative estimate of drug-likeness (QED) is 0.836. The molecule has 2 aromatic carbocycles. The molecule has 1 N–H and O–H groups in total. The Morgan fingerprint density at radius 3 is 2.20 bits per heavy atom. The number of hydrogen-bond donors (Lipinski definition) is 1. The van der Waals surface area contributed by atoms with E-state index in [9.17, 15) is 8.78 Å². The van der Waals surface area contributed by atoms with Crippen molar-refractivity contribution in [1.29, 1.82) is 0 Å². The first kappa shape index (κ1) is 14.7. The monoisotopic (exact) mass is 291 g/mol. The molecule has 2 rings (SSSR count). The summed E-state index contributed by atoms with van der Waals surface area (Å²) in [4.78, 5) is 0. The molecule has 0 saturated heterocycles. The first-order valence-electron chi connectivity index (χ1n) is 6.65. The van der Waals surface area contributed by atoms with Gasteiger partial charge in [-0.3, -0.25) is 0 Å². The fourth-order valence-electron chi connectivity index (χ4n) is 1.96. The van der Waals surface area contributed by atoms with Crippen LogP contribution in [0.15, 0.2) is 42.5 Å². The number of anilines is 1. The van der Waals surface area contributed by atoms with E-state index in [1.54, 1.807) is 0 Å². The summed E-state index contributed by atoms with van der Waals surface area (Å²) in [6.07, 6.45) is 0. The van der Waals surface area contributed by atoms with Crippen molar-refractivity contribution in [1.82, 2.24) is 0 Å². The van der Waals surface area contributed by atoms with Gasteiger partial charge in [-0.15, -0.1) is 0 Å². The predicted octanol–water partition coefficient (Wildman–Crippen LogP) is 4.12. The number of halogens is 2. The molecule has 4 heteroatoms. The molecule has 0 amide bonds. The van der Waals surface area contributed by atoms with Gasteiger partial charge in [-0.05, 0) is 17.7 Å². The highest BCUT2D eigenvalue weighted by molar-refractivity contribution is 6.88. The average Bonchev–Trinajstić information content (AvgIpc) is 2.40. The Morgan fingerprint density at radius 2 is 1.60 bits per heavy atom. The van der Waals surface area contributed by atoms with Crippen LogP contribution in [0.3, 0.4) is 0 Å². The standard InChI is InChI=1S/C16H19F2NSi/c1-20(2,3)13-9-7-12(8-10-13)11-19-15-6-4-5-14(17)16(15)18/h4-10,19H,11H2,1-3H3. The Morgan fingerprint density at radius 1 is 0.950 bits per heavy atom. The van der Waals surface area contributed by atoms with Crippen molar-refractivity contribution in [3.05, 3.63) is 59.7 Å². The molecular formula is C16H19F2NSi. The Kier molecular flexibility index (Phi) is 4.23. The van der Waals surface area contributed by atoms with Crippen LogP contribution in [-0.4, -0.2) is 8.07 Å². The van der Waals surface area contributed by atoms with Crippen molar-refractivity contribution in [3.8, 4) is 0 Å². The van der Waals surface area contributed by atoms with Gasteiger partial charge in [-0.1, -0.05) is 55.2 Å². The van der Waals surface area contributed by atoms with Crippen LogP contribution in [0.4, 0.5) is 14.5 Å². The topological polar surface area (TPSA) is 12.0 Å². The van der Waals surface area contributed by atoms with E-state index < -0.39 is 19.7 Å². The van der Waals surface area contributed by atoms with Gasteiger partial charge in [0, 0.05) is 6.54 Å². The van der Waals surface area contributed by atoms with Crippen molar-refractivity contribution >= 4 is 18.9 Å².